The largest absolute Gasteiger partial charge is 0.497 e. The molecular weight excluding hydrogens is 360 g/mol. The third-order valence-electron chi connectivity index (χ3n) is 5.46. The van der Waals surface area contributed by atoms with Crippen LogP contribution >= 0.6 is 0 Å². The molecule has 148 valence electrons. The van der Waals surface area contributed by atoms with Gasteiger partial charge < -0.3 is 24.2 Å². The Labute approximate surface area is 164 Å². The van der Waals surface area contributed by atoms with Gasteiger partial charge in [0.2, 0.25) is 12.5 Å². The van der Waals surface area contributed by atoms with Crippen LogP contribution in [0.5, 0.6) is 23.0 Å². The first-order chi connectivity index (χ1) is 13.7. The van der Waals surface area contributed by atoms with Crippen LogP contribution in [0.4, 0.5) is 0 Å². The summed E-state index contributed by atoms with van der Waals surface area (Å²) in [4.78, 5) is 2.25. The average Bonchev–Trinajstić information content (AvgIpc) is 3.20. The lowest BCUT2D eigenvalue weighted by atomic mass is 9.87. The zero-order valence-corrected chi connectivity index (χ0v) is 16.3. The number of hydrogen-bond donors (Lipinski definition) is 1. The highest BCUT2D eigenvalue weighted by molar-refractivity contribution is 6.01. The van der Waals surface area contributed by atoms with Crippen molar-refractivity contribution in [2.75, 3.05) is 34.6 Å². The molecule has 0 radical (unpaired) electrons. The van der Waals surface area contributed by atoms with E-state index >= 15 is 0 Å². The van der Waals surface area contributed by atoms with Crippen molar-refractivity contribution < 1.29 is 24.2 Å². The van der Waals surface area contributed by atoms with E-state index in [1.54, 1.807) is 14.2 Å². The van der Waals surface area contributed by atoms with E-state index in [1.807, 2.05) is 30.3 Å². The summed E-state index contributed by atoms with van der Waals surface area (Å²) in [6.45, 7) is 1.08. The van der Waals surface area contributed by atoms with Gasteiger partial charge in [0.25, 0.3) is 0 Å². The van der Waals surface area contributed by atoms with Gasteiger partial charge in [0.05, 0.1) is 19.9 Å². The van der Waals surface area contributed by atoms with E-state index in [9.17, 15) is 5.21 Å². The second-order valence-corrected chi connectivity index (χ2v) is 6.95. The van der Waals surface area contributed by atoms with Crippen molar-refractivity contribution in [1.29, 1.82) is 0 Å². The molecule has 28 heavy (non-hydrogen) atoms. The smallest absolute Gasteiger partial charge is 0.231 e. The molecule has 7 nitrogen and oxygen atoms in total. The van der Waals surface area contributed by atoms with Crippen molar-refractivity contribution in [2.45, 2.75) is 18.9 Å². The Bertz CT molecular complexity index is 912. The number of rotatable bonds is 5. The highest BCUT2D eigenvalue weighted by Crippen LogP contribution is 2.50. The van der Waals surface area contributed by atoms with Crippen LogP contribution in [0.3, 0.4) is 0 Å². The number of likely N-dealkylation sites (N-methyl/N-ethyl adjacent to an activating group) is 1. The second kappa shape index (κ2) is 7.59. The molecule has 0 bridgehead atoms. The number of oxime groups is 1. The number of ether oxygens (including phenoxy) is 4. The van der Waals surface area contributed by atoms with Gasteiger partial charge in [-0.1, -0.05) is 17.3 Å². The standard InChI is InChI=1S/C21H24N2O5/c1-23-8-7-14-10-18-20(28-12-27-18)21(26-3)19(14)17(23)11-16(22-24)13-5-4-6-15(9-13)25-2/h4-6,9-10,17,24H,7-8,11-12H2,1-3H3/t17-/m0/s1. The molecule has 0 saturated carbocycles. The number of nitrogens with zero attached hydrogens (tertiary/aromatic N) is 2. The molecule has 2 aromatic carbocycles. The van der Waals surface area contributed by atoms with Crippen LogP contribution in [0, 0.1) is 0 Å². The molecular formula is C21H24N2O5. The topological polar surface area (TPSA) is 72.8 Å². The molecule has 0 saturated heterocycles. The lowest BCUT2D eigenvalue weighted by Crippen LogP contribution is -2.34. The number of fused-ring (bicyclic) bond motifs is 2. The maximum atomic E-state index is 9.74. The van der Waals surface area contributed by atoms with Crippen molar-refractivity contribution in [2.24, 2.45) is 5.16 Å². The lowest BCUT2D eigenvalue weighted by molar-refractivity contribution is 0.170. The third-order valence-corrected chi connectivity index (χ3v) is 5.46. The molecule has 0 aliphatic carbocycles. The minimum Gasteiger partial charge on any atom is -0.497 e. The molecule has 2 aliphatic heterocycles. The number of benzene rings is 2. The van der Waals surface area contributed by atoms with Gasteiger partial charge in [0, 0.05) is 30.1 Å². The molecule has 2 aromatic rings. The van der Waals surface area contributed by atoms with Gasteiger partial charge in [-0.25, -0.2) is 0 Å². The predicted molar refractivity (Wildman–Crippen MR) is 104 cm³/mol. The summed E-state index contributed by atoms with van der Waals surface area (Å²) < 4.78 is 22.3. The third kappa shape index (κ3) is 3.11. The van der Waals surface area contributed by atoms with Crippen LogP contribution in [0.1, 0.15) is 29.2 Å². The molecule has 1 atom stereocenters. The number of hydrogen-bond acceptors (Lipinski definition) is 7. The average molecular weight is 384 g/mol. The summed E-state index contributed by atoms with van der Waals surface area (Å²) in [7, 11) is 5.33. The summed E-state index contributed by atoms with van der Waals surface area (Å²) >= 11 is 0. The minimum absolute atomic E-state index is 0.0229. The summed E-state index contributed by atoms with van der Waals surface area (Å²) in [6.07, 6.45) is 1.41. The Morgan fingerprint density at radius 3 is 2.86 bits per heavy atom. The quantitative estimate of drug-likeness (QED) is 0.485. The van der Waals surface area contributed by atoms with Crippen LogP contribution in [0.2, 0.25) is 0 Å². The van der Waals surface area contributed by atoms with E-state index in [-0.39, 0.29) is 12.8 Å². The summed E-state index contributed by atoms with van der Waals surface area (Å²) in [5.74, 6) is 2.79. The maximum absolute atomic E-state index is 9.74. The minimum atomic E-state index is -0.0229. The Morgan fingerprint density at radius 1 is 1.25 bits per heavy atom. The van der Waals surface area contributed by atoms with E-state index in [2.05, 4.69) is 17.1 Å². The molecule has 0 aromatic heterocycles. The summed E-state index contributed by atoms with van der Waals surface area (Å²) in [6, 6.07) is 9.56. The van der Waals surface area contributed by atoms with Crippen LogP contribution < -0.4 is 18.9 Å². The molecule has 2 heterocycles. The fraction of sp³-hybridized carbons (Fsp3) is 0.381. The highest BCUT2D eigenvalue weighted by atomic mass is 16.7. The van der Waals surface area contributed by atoms with Crippen molar-refractivity contribution in [3.63, 3.8) is 0 Å². The molecule has 1 N–H and O–H groups in total. The lowest BCUT2D eigenvalue weighted by Gasteiger charge is -2.36. The van der Waals surface area contributed by atoms with Crippen molar-refractivity contribution >= 4 is 5.71 Å². The van der Waals surface area contributed by atoms with Gasteiger partial charge in [-0.15, -0.1) is 0 Å². The van der Waals surface area contributed by atoms with E-state index in [4.69, 9.17) is 18.9 Å². The van der Waals surface area contributed by atoms with Crippen molar-refractivity contribution in [1.82, 2.24) is 4.90 Å². The van der Waals surface area contributed by atoms with E-state index in [0.717, 1.165) is 35.6 Å². The first-order valence-corrected chi connectivity index (χ1v) is 9.21. The molecule has 4 rings (SSSR count). The number of methoxy groups -OCH3 is 2. The first-order valence-electron chi connectivity index (χ1n) is 9.21. The fourth-order valence-electron chi connectivity index (χ4n) is 3.99. The van der Waals surface area contributed by atoms with Gasteiger partial charge in [-0.3, -0.25) is 4.90 Å². The fourth-order valence-corrected chi connectivity index (χ4v) is 3.99. The summed E-state index contributed by atoms with van der Waals surface area (Å²) in [5.41, 5.74) is 3.64. The Balaban J connectivity index is 1.74. The Kier molecular flexibility index (Phi) is 5.00. The van der Waals surface area contributed by atoms with E-state index in [0.29, 0.717) is 23.6 Å². The van der Waals surface area contributed by atoms with Crippen LogP contribution in [-0.4, -0.2) is 50.4 Å². The first kappa shape index (κ1) is 18.4. The van der Waals surface area contributed by atoms with Gasteiger partial charge >= 0.3 is 0 Å². The van der Waals surface area contributed by atoms with E-state index < -0.39 is 0 Å². The van der Waals surface area contributed by atoms with Gasteiger partial charge in [0.15, 0.2) is 11.5 Å². The molecule has 2 aliphatic rings. The maximum Gasteiger partial charge on any atom is 0.231 e. The van der Waals surface area contributed by atoms with Crippen molar-refractivity contribution in [3.05, 3.63) is 47.0 Å². The monoisotopic (exact) mass is 384 g/mol. The Hall–Kier alpha value is -2.93. The van der Waals surface area contributed by atoms with Crippen LogP contribution in [0.15, 0.2) is 35.5 Å². The van der Waals surface area contributed by atoms with Gasteiger partial charge in [-0.05, 0) is 37.2 Å². The zero-order chi connectivity index (χ0) is 19.7. The molecule has 0 amide bonds. The van der Waals surface area contributed by atoms with E-state index in [1.165, 1.54) is 5.56 Å². The van der Waals surface area contributed by atoms with Crippen molar-refractivity contribution in [3.8, 4) is 23.0 Å². The Morgan fingerprint density at radius 2 is 2.11 bits per heavy atom. The van der Waals surface area contributed by atoms with Gasteiger partial charge in [-0.2, -0.15) is 0 Å². The zero-order valence-electron chi connectivity index (χ0n) is 16.3. The van der Waals surface area contributed by atoms with Gasteiger partial charge in [0.1, 0.15) is 5.75 Å². The SMILES string of the molecule is COc1cccc(C(C[C@H]2c3c(cc4c(c3OC)OCO4)CCN2C)=NO)c1. The highest BCUT2D eigenvalue weighted by Gasteiger charge is 2.34. The normalized spacial score (nSPS) is 18.7. The second-order valence-electron chi connectivity index (χ2n) is 6.95. The molecule has 0 unspecified atom stereocenters. The predicted octanol–water partition coefficient (Wildman–Crippen LogP) is 3.23. The molecule has 0 fully saturated rings. The van der Waals surface area contributed by atoms with Crippen LogP contribution in [0.25, 0.3) is 0 Å². The summed E-state index contributed by atoms with van der Waals surface area (Å²) in [5, 5.41) is 13.3. The van der Waals surface area contributed by atoms with Crippen LogP contribution in [-0.2, 0) is 6.42 Å². The molecule has 7 heteroatoms. The molecule has 0 spiro atoms.